The maximum absolute atomic E-state index is 12.9. The van der Waals surface area contributed by atoms with E-state index >= 15 is 0 Å². The molecule has 0 aromatic carbocycles. The largest absolute Gasteiger partial charge is 0.472 e. The van der Waals surface area contributed by atoms with Gasteiger partial charge in [0.15, 0.2) is 0 Å². The summed E-state index contributed by atoms with van der Waals surface area (Å²) in [7, 11) is 1.55. The monoisotopic (exact) mass is 906 g/mol. The maximum atomic E-state index is 12.9. The summed E-state index contributed by atoms with van der Waals surface area (Å²) in [5, 5.41) is 13.7. The van der Waals surface area contributed by atoms with Gasteiger partial charge in [0.25, 0.3) is 0 Å². The molecule has 1 amide bonds. The van der Waals surface area contributed by atoms with Crippen LogP contribution in [0, 0.1) is 0 Å². The molecule has 3 atom stereocenters. The Morgan fingerprint density at radius 1 is 0.540 bits per heavy atom. The van der Waals surface area contributed by atoms with Crippen molar-refractivity contribution in [3.05, 3.63) is 60.8 Å². The van der Waals surface area contributed by atoms with E-state index in [0.717, 1.165) is 51.4 Å². The standard InChI is InChI=1S/C54H101N2O6P/c1-6-8-10-12-14-16-17-18-19-20-21-22-23-24-25-26-27-28-29-30-31-32-33-34-35-36-37-38-39-40-42-44-46-48-54(58)55-52(51-62-63(59,60)61-50-49-56(3,4)5)53(57)47-45-43-41-15-13-11-9-7-2/h13,15,17-18,20-21,23-24,45,47,52-53,57H,6-12,14,16,19,22,25-44,46,48-51H2,1-5H3,(H-,55,58,59,60)/p+1/b15-13+,18-17-,21-20-,24-23-,47-45+. The van der Waals surface area contributed by atoms with Crippen LogP contribution >= 0.6 is 7.82 Å². The molecule has 0 bridgehead atoms. The molecular formula is C54H102N2O6P+. The summed E-state index contributed by atoms with van der Waals surface area (Å²) in [4.78, 5) is 23.1. The molecule has 0 rings (SSSR count). The molecular weight excluding hydrogens is 804 g/mol. The number of carbonyl (C=O) groups excluding carboxylic acids is 1. The number of rotatable bonds is 47. The van der Waals surface area contributed by atoms with E-state index < -0.39 is 20.0 Å². The third-order valence-electron chi connectivity index (χ3n) is 11.5. The number of phosphoric ester groups is 1. The van der Waals surface area contributed by atoms with Gasteiger partial charge in [-0.1, -0.05) is 216 Å². The highest BCUT2D eigenvalue weighted by atomic mass is 31.2. The number of carbonyl (C=O) groups is 1. The molecule has 0 heterocycles. The summed E-state index contributed by atoms with van der Waals surface area (Å²) < 4.78 is 23.5. The van der Waals surface area contributed by atoms with E-state index in [1.165, 1.54) is 154 Å². The number of aliphatic hydroxyl groups is 1. The number of nitrogens with zero attached hydrogens (tertiary/aromatic N) is 1. The minimum atomic E-state index is -4.34. The molecule has 9 heteroatoms. The van der Waals surface area contributed by atoms with Gasteiger partial charge in [0.2, 0.25) is 5.91 Å². The van der Waals surface area contributed by atoms with Crippen molar-refractivity contribution in [3.8, 4) is 0 Å². The molecule has 368 valence electrons. The van der Waals surface area contributed by atoms with Gasteiger partial charge in [-0.05, 0) is 64.2 Å². The number of likely N-dealkylation sites (N-methyl/N-ethyl adjacent to an activating group) is 1. The van der Waals surface area contributed by atoms with Crippen molar-refractivity contribution in [2.75, 3.05) is 40.9 Å². The zero-order chi connectivity index (χ0) is 46.4. The van der Waals surface area contributed by atoms with Crippen molar-refractivity contribution in [1.29, 1.82) is 0 Å². The Morgan fingerprint density at radius 3 is 1.43 bits per heavy atom. The predicted octanol–water partition coefficient (Wildman–Crippen LogP) is 15.4. The van der Waals surface area contributed by atoms with Crippen molar-refractivity contribution >= 4 is 13.7 Å². The molecule has 0 spiro atoms. The Balaban J connectivity index is 3.94. The van der Waals surface area contributed by atoms with Gasteiger partial charge in [0.05, 0.1) is 39.9 Å². The van der Waals surface area contributed by atoms with Crippen LogP contribution in [0.2, 0.25) is 0 Å². The first-order valence-electron chi connectivity index (χ1n) is 26.2. The molecule has 0 aliphatic rings. The van der Waals surface area contributed by atoms with Crippen molar-refractivity contribution in [2.24, 2.45) is 0 Å². The number of aliphatic hydroxyl groups excluding tert-OH is 1. The van der Waals surface area contributed by atoms with E-state index in [9.17, 15) is 19.4 Å². The molecule has 0 radical (unpaired) electrons. The number of nitrogens with one attached hydrogen (secondary N) is 1. The first kappa shape index (κ1) is 61.2. The van der Waals surface area contributed by atoms with E-state index in [0.29, 0.717) is 17.4 Å². The third-order valence-corrected chi connectivity index (χ3v) is 12.4. The third kappa shape index (κ3) is 48.0. The summed E-state index contributed by atoms with van der Waals surface area (Å²) in [5.41, 5.74) is 0. The molecule has 3 unspecified atom stereocenters. The van der Waals surface area contributed by atoms with Gasteiger partial charge >= 0.3 is 7.82 Å². The lowest BCUT2D eigenvalue weighted by Crippen LogP contribution is -2.45. The second-order valence-corrected chi connectivity index (χ2v) is 20.3. The van der Waals surface area contributed by atoms with E-state index in [2.05, 4.69) is 67.8 Å². The smallest absolute Gasteiger partial charge is 0.387 e. The van der Waals surface area contributed by atoms with Crippen LogP contribution in [0.15, 0.2) is 60.8 Å². The average Bonchev–Trinajstić information content (AvgIpc) is 3.24. The number of allylic oxidation sites excluding steroid dienone is 9. The zero-order valence-electron chi connectivity index (χ0n) is 41.8. The predicted molar refractivity (Wildman–Crippen MR) is 272 cm³/mol. The second-order valence-electron chi connectivity index (χ2n) is 18.9. The Labute approximate surface area is 390 Å². The highest BCUT2D eigenvalue weighted by Crippen LogP contribution is 2.43. The Hall–Kier alpha value is -1.80. The maximum Gasteiger partial charge on any atom is 0.472 e. The molecule has 0 saturated heterocycles. The minimum Gasteiger partial charge on any atom is -0.387 e. The number of quaternary nitrogens is 1. The van der Waals surface area contributed by atoms with E-state index in [-0.39, 0.29) is 19.1 Å². The molecule has 0 aliphatic heterocycles. The first-order chi connectivity index (χ1) is 30.5. The van der Waals surface area contributed by atoms with Crippen molar-refractivity contribution < 1.29 is 32.9 Å². The molecule has 8 nitrogen and oxygen atoms in total. The number of unbranched alkanes of at least 4 members (excludes halogenated alkanes) is 26. The van der Waals surface area contributed by atoms with Crippen LogP contribution in [0.5, 0.6) is 0 Å². The highest BCUT2D eigenvalue weighted by Gasteiger charge is 2.27. The zero-order valence-corrected chi connectivity index (χ0v) is 42.7. The highest BCUT2D eigenvalue weighted by molar-refractivity contribution is 7.47. The number of amides is 1. The molecule has 0 aromatic heterocycles. The van der Waals surface area contributed by atoms with Crippen LogP contribution in [0.1, 0.15) is 226 Å². The molecule has 3 N–H and O–H groups in total. The molecule has 0 fully saturated rings. The molecule has 0 aliphatic carbocycles. The number of phosphoric acid groups is 1. The number of hydrogen-bond donors (Lipinski definition) is 3. The lowest BCUT2D eigenvalue weighted by Gasteiger charge is -2.25. The average molecular weight is 906 g/mol. The molecule has 63 heavy (non-hydrogen) atoms. The fraction of sp³-hybridized carbons (Fsp3) is 0.796. The second kappa shape index (κ2) is 45.4. The first-order valence-corrected chi connectivity index (χ1v) is 27.7. The van der Waals surface area contributed by atoms with Gasteiger partial charge in [0.1, 0.15) is 13.2 Å². The Morgan fingerprint density at radius 2 is 0.937 bits per heavy atom. The van der Waals surface area contributed by atoms with Crippen LogP contribution in [-0.4, -0.2) is 73.4 Å². The fourth-order valence-corrected chi connectivity index (χ4v) is 8.02. The van der Waals surface area contributed by atoms with Crippen molar-refractivity contribution in [2.45, 2.75) is 238 Å². The van der Waals surface area contributed by atoms with Crippen LogP contribution in [0.3, 0.4) is 0 Å². The summed E-state index contributed by atoms with van der Waals surface area (Å²) in [5.74, 6) is -0.191. The molecule has 0 aromatic rings. The van der Waals surface area contributed by atoms with Gasteiger partial charge in [-0.25, -0.2) is 4.57 Å². The fourth-order valence-electron chi connectivity index (χ4n) is 7.29. The number of hydrogen-bond acceptors (Lipinski definition) is 5. The normalized spacial score (nSPS) is 14.6. The molecule has 0 saturated carbocycles. The Bertz CT molecular complexity index is 1210. The summed E-state index contributed by atoms with van der Waals surface area (Å²) in [6.07, 6.45) is 60.6. The minimum absolute atomic E-state index is 0.0549. The van der Waals surface area contributed by atoms with E-state index in [4.69, 9.17) is 9.05 Å². The van der Waals surface area contributed by atoms with Gasteiger partial charge in [-0.15, -0.1) is 0 Å². The van der Waals surface area contributed by atoms with E-state index in [1.807, 2.05) is 27.2 Å². The van der Waals surface area contributed by atoms with Gasteiger partial charge < -0.3 is 19.8 Å². The lowest BCUT2D eigenvalue weighted by molar-refractivity contribution is -0.870. The summed E-state index contributed by atoms with van der Waals surface area (Å²) >= 11 is 0. The topological polar surface area (TPSA) is 105 Å². The van der Waals surface area contributed by atoms with Gasteiger partial charge in [-0.3, -0.25) is 13.8 Å². The van der Waals surface area contributed by atoms with Crippen molar-refractivity contribution in [3.63, 3.8) is 0 Å². The van der Waals surface area contributed by atoms with Gasteiger partial charge in [-0.2, -0.15) is 0 Å². The Kier molecular flexibility index (Phi) is 44.1. The van der Waals surface area contributed by atoms with Crippen LogP contribution in [0.4, 0.5) is 0 Å². The van der Waals surface area contributed by atoms with Crippen LogP contribution in [0.25, 0.3) is 0 Å². The van der Waals surface area contributed by atoms with E-state index in [1.54, 1.807) is 6.08 Å². The summed E-state index contributed by atoms with van der Waals surface area (Å²) in [6.45, 7) is 4.70. The SMILES string of the molecule is CCCC/C=C/CC/C=C/C(O)C(COP(=O)(O)OCC[N+](C)(C)C)NC(=O)CCCCCCCCCCCCCCCCCCCC/C=C\C/C=C\C/C=C\CCCCCCC. The quantitative estimate of drug-likeness (QED) is 0.0243. The van der Waals surface area contributed by atoms with Gasteiger partial charge in [0, 0.05) is 6.42 Å². The van der Waals surface area contributed by atoms with Crippen molar-refractivity contribution in [1.82, 2.24) is 5.32 Å². The summed E-state index contributed by atoms with van der Waals surface area (Å²) in [6, 6.07) is -0.861. The van der Waals surface area contributed by atoms with Crippen LogP contribution in [-0.2, 0) is 18.4 Å². The lowest BCUT2D eigenvalue weighted by atomic mass is 10.0. The van der Waals surface area contributed by atoms with Crippen LogP contribution < -0.4 is 5.32 Å².